The number of benzene rings is 1. The van der Waals surface area contributed by atoms with E-state index >= 15 is 0 Å². The minimum Gasteiger partial charge on any atom is -0.475 e. The van der Waals surface area contributed by atoms with Crippen LogP contribution in [0.15, 0.2) is 27.5 Å². The zero-order chi connectivity index (χ0) is 13.5. The molecule has 0 aliphatic heterocycles. The average Bonchev–Trinajstić information content (AvgIpc) is 2.68. The van der Waals surface area contributed by atoms with Gasteiger partial charge < -0.3 is 15.3 Å². The van der Waals surface area contributed by atoms with Crippen molar-refractivity contribution in [2.75, 3.05) is 11.5 Å². The molecule has 3 N–H and O–H groups in total. The number of furan rings is 1. The molecule has 0 saturated carbocycles. The molecule has 1 aromatic heterocycles. The molecule has 0 bridgehead atoms. The molecule has 0 saturated heterocycles. The van der Waals surface area contributed by atoms with Crippen molar-refractivity contribution in [2.24, 2.45) is 0 Å². The largest absolute Gasteiger partial charge is 0.475 e. The highest BCUT2D eigenvalue weighted by atomic mass is 32.2. The van der Waals surface area contributed by atoms with Gasteiger partial charge in [-0.3, -0.25) is 0 Å². The maximum absolute atomic E-state index is 11.9. The molecular weight excluding hydrogens is 258 g/mol. The van der Waals surface area contributed by atoms with Crippen molar-refractivity contribution in [2.45, 2.75) is 11.8 Å². The Labute approximate surface area is 103 Å². The van der Waals surface area contributed by atoms with E-state index in [0.717, 1.165) is 0 Å². The van der Waals surface area contributed by atoms with Crippen molar-refractivity contribution in [3.8, 4) is 0 Å². The summed E-state index contributed by atoms with van der Waals surface area (Å²) in [6.07, 6.45) is 0. The van der Waals surface area contributed by atoms with E-state index < -0.39 is 21.6 Å². The van der Waals surface area contributed by atoms with E-state index in [1.165, 1.54) is 25.1 Å². The predicted octanol–water partition coefficient (Wildman–Crippen LogP) is 1.51. The van der Waals surface area contributed by atoms with Crippen LogP contribution in [0.1, 0.15) is 17.5 Å². The Kier molecular flexibility index (Phi) is 2.78. The summed E-state index contributed by atoms with van der Waals surface area (Å²) in [4.78, 5) is 10.8. The first-order chi connectivity index (χ1) is 8.36. The van der Waals surface area contributed by atoms with Gasteiger partial charge >= 0.3 is 5.97 Å². The highest BCUT2D eigenvalue weighted by Gasteiger charge is 2.28. The first kappa shape index (κ1) is 12.4. The number of nitrogen functional groups attached to an aromatic ring is 1. The summed E-state index contributed by atoms with van der Waals surface area (Å²) < 4.78 is 28.9. The van der Waals surface area contributed by atoms with Crippen molar-refractivity contribution in [1.82, 2.24) is 0 Å². The number of nitrogens with two attached hydrogens (primary N) is 1. The monoisotopic (exact) mass is 269 g/mol. The number of aromatic carboxylic acids is 1. The van der Waals surface area contributed by atoms with Gasteiger partial charge in [0.05, 0.1) is 5.75 Å². The highest BCUT2D eigenvalue weighted by Crippen LogP contribution is 2.32. The number of hydrogen-bond acceptors (Lipinski definition) is 5. The molecule has 6 nitrogen and oxygen atoms in total. The summed E-state index contributed by atoms with van der Waals surface area (Å²) in [5.74, 6) is -2.19. The Morgan fingerprint density at radius 3 is 2.67 bits per heavy atom. The van der Waals surface area contributed by atoms with Crippen molar-refractivity contribution >= 4 is 32.5 Å². The molecule has 1 heterocycles. The molecule has 18 heavy (non-hydrogen) atoms. The zero-order valence-electron chi connectivity index (χ0n) is 9.50. The van der Waals surface area contributed by atoms with E-state index in [1.54, 1.807) is 0 Å². The number of carboxylic acid groups (broad SMARTS) is 1. The van der Waals surface area contributed by atoms with E-state index in [2.05, 4.69) is 0 Å². The number of hydrogen-bond donors (Lipinski definition) is 2. The predicted molar refractivity (Wildman–Crippen MR) is 65.3 cm³/mol. The average molecular weight is 269 g/mol. The molecule has 2 aromatic rings. The lowest BCUT2D eigenvalue weighted by atomic mass is 10.2. The lowest BCUT2D eigenvalue weighted by molar-refractivity contribution is 0.0659. The molecule has 0 unspecified atom stereocenters. The summed E-state index contributed by atoms with van der Waals surface area (Å²) in [5.41, 5.74) is 6.07. The molecule has 0 spiro atoms. The molecule has 0 aliphatic rings. The second kappa shape index (κ2) is 4.02. The Bertz CT molecular complexity index is 729. The van der Waals surface area contributed by atoms with Gasteiger partial charge in [0.1, 0.15) is 10.5 Å². The lowest BCUT2D eigenvalue weighted by Crippen LogP contribution is -2.08. The van der Waals surface area contributed by atoms with Gasteiger partial charge in [0, 0.05) is 17.1 Å². The molecule has 2 rings (SSSR count). The van der Waals surface area contributed by atoms with Crippen LogP contribution in [-0.2, 0) is 9.84 Å². The molecule has 0 atom stereocenters. The van der Waals surface area contributed by atoms with E-state index in [1.807, 2.05) is 0 Å². The molecule has 0 fully saturated rings. The van der Waals surface area contributed by atoms with Gasteiger partial charge in [0.15, 0.2) is 9.84 Å². The number of sulfone groups is 1. The minimum atomic E-state index is -3.69. The van der Waals surface area contributed by atoms with E-state index in [9.17, 15) is 13.2 Å². The fourth-order valence-corrected chi connectivity index (χ4v) is 2.89. The van der Waals surface area contributed by atoms with Crippen molar-refractivity contribution in [1.29, 1.82) is 0 Å². The normalized spacial score (nSPS) is 11.8. The minimum absolute atomic E-state index is 0.152. The molecule has 1 aromatic carbocycles. The van der Waals surface area contributed by atoms with Gasteiger partial charge in [-0.25, -0.2) is 13.2 Å². The summed E-state index contributed by atoms with van der Waals surface area (Å²) in [6.45, 7) is 1.44. The Morgan fingerprint density at radius 1 is 1.44 bits per heavy atom. The van der Waals surface area contributed by atoms with Gasteiger partial charge in [0.2, 0.25) is 5.76 Å². The third-order valence-electron chi connectivity index (χ3n) is 2.55. The third-order valence-corrected chi connectivity index (χ3v) is 4.34. The van der Waals surface area contributed by atoms with Crippen LogP contribution in [0.2, 0.25) is 0 Å². The SMILES string of the molecule is CCS(=O)(=O)c1c(C(=O)O)oc2cc(N)ccc12. The quantitative estimate of drug-likeness (QED) is 0.817. The van der Waals surface area contributed by atoms with Crippen LogP contribution in [0.4, 0.5) is 5.69 Å². The van der Waals surface area contributed by atoms with Gasteiger partial charge in [-0.15, -0.1) is 0 Å². The number of rotatable bonds is 3. The fraction of sp³-hybridized carbons (Fsp3) is 0.182. The first-order valence-corrected chi connectivity index (χ1v) is 6.80. The Morgan fingerprint density at radius 2 is 2.11 bits per heavy atom. The maximum atomic E-state index is 11.9. The standard InChI is InChI=1S/C11H11NO5S/c1-2-18(15,16)10-7-4-3-6(12)5-8(7)17-9(10)11(13)14/h3-5H,2,12H2,1H3,(H,13,14). The summed E-state index contributed by atoms with van der Waals surface area (Å²) >= 11 is 0. The third kappa shape index (κ3) is 1.82. The van der Waals surface area contributed by atoms with Crippen LogP contribution in [0.5, 0.6) is 0 Å². The van der Waals surface area contributed by atoms with Crippen LogP contribution in [-0.4, -0.2) is 25.2 Å². The van der Waals surface area contributed by atoms with Crippen LogP contribution >= 0.6 is 0 Å². The fourth-order valence-electron chi connectivity index (χ4n) is 1.68. The molecule has 0 radical (unpaired) electrons. The van der Waals surface area contributed by atoms with Crippen molar-refractivity contribution < 1.29 is 22.7 Å². The molecule has 96 valence electrons. The summed E-state index contributed by atoms with van der Waals surface area (Å²) in [7, 11) is -3.69. The second-order valence-corrected chi connectivity index (χ2v) is 5.94. The first-order valence-electron chi connectivity index (χ1n) is 5.15. The van der Waals surface area contributed by atoms with Gasteiger partial charge in [-0.2, -0.15) is 0 Å². The molecule has 0 amide bonds. The van der Waals surface area contributed by atoms with E-state index in [0.29, 0.717) is 5.69 Å². The smallest absolute Gasteiger partial charge is 0.373 e. The maximum Gasteiger partial charge on any atom is 0.373 e. The topological polar surface area (TPSA) is 111 Å². The Hall–Kier alpha value is -2.02. The number of carboxylic acids is 1. The lowest BCUT2D eigenvalue weighted by Gasteiger charge is -1.99. The van der Waals surface area contributed by atoms with E-state index in [-0.39, 0.29) is 21.6 Å². The number of anilines is 1. The molecule has 7 heteroatoms. The second-order valence-electron chi connectivity index (χ2n) is 3.72. The van der Waals surface area contributed by atoms with E-state index in [4.69, 9.17) is 15.3 Å². The summed E-state index contributed by atoms with van der Waals surface area (Å²) in [6, 6.07) is 4.35. The van der Waals surface area contributed by atoms with Crippen molar-refractivity contribution in [3.63, 3.8) is 0 Å². The number of fused-ring (bicyclic) bond motifs is 1. The van der Waals surface area contributed by atoms with Crippen LogP contribution in [0, 0.1) is 0 Å². The van der Waals surface area contributed by atoms with Crippen molar-refractivity contribution in [3.05, 3.63) is 24.0 Å². The van der Waals surface area contributed by atoms with Crippen LogP contribution in [0.25, 0.3) is 11.0 Å². The molecular formula is C11H11NO5S. The van der Waals surface area contributed by atoms with Crippen LogP contribution < -0.4 is 5.73 Å². The van der Waals surface area contributed by atoms with Gasteiger partial charge in [0.25, 0.3) is 0 Å². The van der Waals surface area contributed by atoms with Gasteiger partial charge in [-0.05, 0) is 12.1 Å². The zero-order valence-corrected chi connectivity index (χ0v) is 10.3. The van der Waals surface area contributed by atoms with Crippen LogP contribution in [0.3, 0.4) is 0 Å². The van der Waals surface area contributed by atoms with Gasteiger partial charge in [-0.1, -0.05) is 6.92 Å². The highest BCUT2D eigenvalue weighted by molar-refractivity contribution is 7.91. The molecule has 0 aliphatic carbocycles. The summed E-state index contributed by atoms with van der Waals surface area (Å²) in [5, 5.41) is 9.24. The number of carbonyl (C=O) groups is 1. The Balaban J connectivity index is 2.92.